The quantitative estimate of drug-likeness (QED) is 0.800. The molecule has 4 rings (SSSR count). The number of aliphatic hydroxyl groups is 1. The van der Waals surface area contributed by atoms with Crippen LogP contribution >= 0.6 is 0 Å². The van der Waals surface area contributed by atoms with Crippen molar-refractivity contribution < 1.29 is 14.2 Å². The number of halogens is 1. The number of aromatic nitrogens is 1. The molecule has 0 amide bonds. The Bertz CT molecular complexity index is 841. The monoisotopic (exact) mass is 385 g/mol. The Kier molecular flexibility index (Phi) is 4.89. The van der Waals surface area contributed by atoms with Crippen molar-refractivity contribution in [3.05, 3.63) is 47.8 Å². The highest BCUT2D eigenvalue weighted by Crippen LogP contribution is 2.48. The molecule has 1 aromatic carbocycles. The zero-order valence-corrected chi connectivity index (χ0v) is 16.6. The molecule has 2 fully saturated rings. The molecule has 1 aliphatic heterocycles. The number of nitrogens with two attached hydrogens (primary N) is 1. The molecular formula is C22H28FN3O2. The molecule has 6 heteroatoms. The van der Waals surface area contributed by atoms with Crippen LogP contribution in [0.3, 0.4) is 0 Å². The lowest BCUT2D eigenvalue weighted by molar-refractivity contribution is 0.177. The van der Waals surface area contributed by atoms with Crippen LogP contribution in [0.5, 0.6) is 5.88 Å². The van der Waals surface area contributed by atoms with Gasteiger partial charge >= 0.3 is 0 Å². The Morgan fingerprint density at radius 3 is 2.46 bits per heavy atom. The van der Waals surface area contributed by atoms with Gasteiger partial charge in [0.05, 0.1) is 17.8 Å². The summed E-state index contributed by atoms with van der Waals surface area (Å²) in [5.74, 6) is 1.31. The average Bonchev–Trinajstić information content (AvgIpc) is 3.11. The van der Waals surface area contributed by atoms with Crippen LogP contribution in [0.1, 0.15) is 26.3 Å². The van der Waals surface area contributed by atoms with E-state index in [0.717, 1.165) is 24.2 Å². The molecule has 1 unspecified atom stereocenters. The van der Waals surface area contributed by atoms with Crippen LogP contribution in [0.15, 0.2) is 36.4 Å². The maximum Gasteiger partial charge on any atom is 0.214 e. The molecule has 0 radical (unpaired) electrons. The summed E-state index contributed by atoms with van der Waals surface area (Å²) in [6.07, 6.45) is 0.178. The van der Waals surface area contributed by atoms with E-state index in [4.69, 9.17) is 10.5 Å². The van der Waals surface area contributed by atoms with E-state index in [1.165, 1.54) is 12.1 Å². The summed E-state index contributed by atoms with van der Waals surface area (Å²) < 4.78 is 19.5. The molecule has 3 N–H and O–H groups in total. The molecule has 1 saturated carbocycles. The van der Waals surface area contributed by atoms with Gasteiger partial charge in [-0.15, -0.1) is 0 Å². The number of rotatable bonds is 6. The van der Waals surface area contributed by atoms with Gasteiger partial charge in [0.15, 0.2) is 0 Å². The van der Waals surface area contributed by atoms with Gasteiger partial charge in [0.1, 0.15) is 11.9 Å². The number of pyridine rings is 1. The lowest BCUT2D eigenvalue weighted by atomic mass is 9.93. The van der Waals surface area contributed by atoms with Crippen molar-refractivity contribution in [2.45, 2.75) is 38.5 Å². The first kappa shape index (κ1) is 19.3. The molecule has 2 heterocycles. The number of likely N-dealkylation sites (tertiary alicyclic amines) is 1. The third-order valence-corrected chi connectivity index (χ3v) is 6.06. The molecule has 1 saturated heterocycles. The summed E-state index contributed by atoms with van der Waals surface area (Å²) in [6.45, 7) is 8.13. The second-order valence-corrected chi connectivity index (χ2v) is 8.62. The van der Waals surface area contributed by atoms with E-state index >= 15 is 0 Å². The first-order chi connectivity index (χ1) is 13.3. The summed E-state index contributed by atoms with van der Waals surface area (Å²) in [5, 5.41) is 9.70. The standard InChI is InChI=1S/C22H28FN3O2/c1-13(2)26-10-17-18(11-26)21(17)28-20-9-15(22(3,24)12-27)8-19(25-20)14-4-6-16(23)7-5-14/h4-9,13,17-18,21,27H,10-12,24H2,1-3H3/t17-,18+,21+,22?. The first-order valence-corrected chi connectivity index (χ1v) is 9.87. The van der Waals surface area contributed by atoms with Gasteiger partial charge in [0.25, 0.3) is 0 Å². The normalized spacial score (nSPS) is 26.2. The Balaban J connectivity index is 1.59. The van der Waals surface area contributed by atoms with E-state index in [-0.39, 0.29) is 18.5 Å². The van der Waals surface area contributed by atoms with E-state index < -0.39 is 5.54 Å². The summed E-state index contributed by atoms with van der Waals surface area (Å²) in [7, 11) is 0. The second-order valence-electron chi connectivity index (χ2n) is 8.62. The van der Waals surface area contributed by atoms with Gasteiger partial charge < -0.3 is 20.5 Å². The smallest absolute Gasteiger partial charge is 0.214 e. The number of hydrogen-bond acceptors (Lipinski definition) is 5. The van der Waals surface area contributed by atoms with Crippen LogP contribution in [-0.2, 0) is 5.54 Å². The molecule has 0 bridgehead atoms. The Labute approximate surface area is 165 Å². The highest BCUT2D eigenvalue weighted by atomic mass is 19.1. The summed E-state index contributed by atoms with van der Waals surface area (Å²) in [6, 6.07) is 10.4. The minimum absolute atomic E-state index is 0.178. The maximum absolute atomic E-state index is 13.3. The van der Waals surface area contributed by atoms with E-state index in [9.17, 15) is 9.50 Å². The predicted octanol–water partition coefficient (Wildman–Crippen LogP) is 2.77. The fourth-order valence-corrected chi connectivity index (χ4v) is 4.00. The SMILES string of the molecule is CC(C)N1C[C@@H]2[C@H](C1)[C@H]2Oc1cc(C(C)(N)CO)cc(-c2ccc(F)cc2)n1. The molecule has 28 heavy (non-hydrogen) atoms. The van der Waals surface area contributed by atoms with Gasteiger partial charge in [-0.1, -0.05) is 0 Å². The third kappa shape index (κ3) is 3.64. The topological polar surface area (TPSA) is 71.6 Å². The van der Waals surface area contributed by atoms with E-state index in [1.54, 1.807) is 19.1 Å². The van der Waals surface area contributed by atoms with Crippen LogP contribution in [0.25, 0.3) is 11.3 Å². The van der Waals surface area contributed by atoms with Crippen molar-refractivity contribution in [2.24, 2.45) is 17.6 Å². The number of benzene rings is 1. The molecule has 5 nitrogen and oxygen atoms in total. The zero-order chi connectivity index (χ0) is 20.1. The Hall–Kier alpha value is -2.02. The summed E-state index contributed by atoms with van der Waals surface area (Å²) >= 11 is 0. The molecule has 1 aromatic heterocycles. The first-order valence-electron chi connectivity index (χ1n) is 9.87. The van der Waals surface area contributed by atoms with Crippen LogP contribution < -0.4 is 10.5 Å². The molecule has 2 aromatic rings. The van der Waals surface area contributed by atoms with E-state index in [2.05, 4.69) is 23.7 Å². The molecule has 0 spiro atoms. The van der Waals surface area contributed by atoms with Crippen molar-refractivity contribution in [3.63, 3.8) is 0 Å². The molecule has 150 valence electrons. The highest BCUT2D eigenvalue weighted by molar-refractivity contribution is 5.61. The lowest BCUT2D eigenvalue weighted by Crippen LogP contribution is -2.37. The van der Waals surface area contributed by atoms with Gasteiger partial charge in [0.2, 0.25) is 5.88 Å². The number of aliphatic hydroxyl groups excluding tert-OH is 1. The lowest BCUT2D eigenvalue weighted by Gasteiger charge is -2.25. The Morgan fingerprint density at radius 1 is 1.25 bits per heavy atom. The number of nitrogens with zero attached hydrogens (tertiary/aromatic N) is 2. The largest absolute Gasteiger partial charge is 0.474 e. The number of ether oxygens (including phenoxy) is 1. The van der Waals surface area contributed by atoms with Crippen molar-refractivity contribution in [1.82, 2.24) is 9.88 Å². The number of fused-ring (bicyclic) bond motifs is 1. The van der Waals surface area contributed by atoms with Crippen LogP contribution in [-0.4, -0.2) is 46.8 Å². The number of piperidine rings is 1. The van der Waals surface area contributed by atoms with Gasteiger partial charge in [-0.25, -0.2) is 9.37 Å². The number of hydrogen-bond donors (Lipinski definition) is 2. The van der Waals surface area contributed by atoms with Gasteiger partial charge in [0, 0.05) is 42.6 Å². The van der Waals surface area contributed by atoms with Crippen molar-refractivity contribution in [3.8, 4) is 17.1 Å². The Morgan fingerprint density at radius 2 is 1.89 bits per heavy atom. The zero-order valence-electron chi connectivity index (χ0n) is 16.6. The van der Waals surface area contributed by atoms with Crippen molar-refractivity contribution >= 4 is 0 Å². The van der Waals surface area contributed by atoms with E-state index in [1.807, 2.05) is 12.1 Å². The predicted molar refractivity (Wildman–Crippen MR) is 106 cm³/mol. The maximum atomic E-state index is 13.3. The average molecular weight is 385 g/mol. The summed E-state index contributed by atoms with van der Waals surface area (Å²) in [4.78, 5) is 7.13. The second kappa shape index (κ2) is 7.10. The molecule has 1 aliphatic carbocycles. The fourth-order valence-electron chi connectivity index (χ4n) is 4.00. The van der Waals surface area contributed by atoms with Crippen molar-refractivity contribution in [1.29, 1.82) is 0 Å². The van der Waals surface area contributed by atoms with Gasteiger partial charge in [-0.05, 0) is 56.7 Å². The van der Waals surface area contributed by atoms with Crippen molar-refractivity contribution in [2.75, 3.05) is 19.7 Å². The molecule has 2 aliphatic rings. The van der Waals surface area contributed by atoms with Crippen LogP contribution in [0.2, 0.25) is 0 Å². The van der Waals surface area contributed by atoms with Crippen LogP contribution in [0.4, 0.5) is 4.39 Å². The van der Waals surface area contributed by atoms with E-state index in [0.29, 0.717) is 29.5 Å². The van der Waals surface area contributed by atoms with Gasteiger partial charge in [-0.3, -0.25) is 0 Å². The minimum atomic E-state index is -0.913. The molecular weight excluding hydrogens is 357 g/mol. The van der Waals surface area contributed by atoms with Crippen LogP contribution in [0, 0.1) is 17.7 Å². The van der Waals surface area contributed by atoms with Gasteiger partial charge in [-0.2, -0.15) is 0 Å². The fraction of sp³-hybridized carbons (Fsp3) is 0.500. The summed E-state index contributed by atoms with van der Waals surface area (Å²) in [5.41, 5.74) is 7.54. The third-order valence-electron chi connectivity index (χ3n) is 6.06. The minimum Gasteiger partial charge on any atom is -0.474 e. The molecule has 4 atom stereocenters. The highest BCUT2D eigenvalue weighted by Gasteiger charge is 2.58.